The van der Waals surface area contributed by atoms with Crippen molar-refractivity contribution in [1.82, 2.24) is 0 Å². The molecule has 1 aromatic rings. The Hall–Kier alpha value is -1.06. The van der Waals surface area contributed by atoms with E-state index in [0.717, 1.165) is 30.6 Å². The number of methoxy groups -OCH3 is 1. The van der Waals surface area contributed by atoms with Crippen LogP contribution in [-0.4, -0.2) is 18.3 Å². The molecular weight excluding hydrogens is 202 g/mol. The normalized spacial score (nSPS) is 30.1. The van der Waals surface area contributed by atoms with Gasteiger partial charge in [0, 0.05) is 11.6 Å². The number of rotatable bonds is 2. The van der Waals surface area contributed by atoms with Gasteiger partial charge in [0.2, 0.25) is 0 Å². The Morgan fingerprint density at radius 2 is 2.19 bits per heavy atom. The molecule has 0 heterocycles. The Morgan fingerprint density at radius 1 is 1.44 bits per heavy atom. The molecule has 0 spiro atoms. The minimum Gasteiger partial charge on any atom is -0.496 e. The van der Waals surface area contributed by atoms with E-state index in [1.54, 1.807) is 7.11 Å². The third kappa shape index (κ3) is 2.06. The van der Waals surface area contributed by atoms with E-state index in [4.69, 9.17) is 10.5 Å². The van der Waals surface area contributed by atoms with Crippen LogP contribution in [0.2, 0.25) is 0 Å². The zero-order valence-corrected chi connectivity index (χ0v) is 9.65. The highest BCUT2D eigenvalue weighted by Gasteiger charge is 2.36. The maximum absolute atomic E-state index is 10.7. The molecule has 0 amide bonds. The summed E-state index contributed by atoms with van der Waals surface area (Å²) in [5.41, 5.74) is 5.99. The summed E-state index contributed by atoms with van der Waals surface area (Å²) in [4.78, 5) is 0. The van der Waals surface area contributed by atoms with Gasteiger partial charge in [-0.3, -0.25) is 0 Å². The molecule has 0 aliphatic heterocycles. The van der Waals surface area contributed by atoms with Crippen molar-refractivity contribution >= 4 is 0 Å². The van der Waals surface area contributed by atoms with Crippen LogP contribution in [0.1, 0.15) is 31.2 Å². The molecular formula is C13H19NO2. The predicted molar refractivity (Wildman–Crippen MR) is 63.3 cm³/mol. The van der Waals surface area contributed by atoms with Crippen LogP contribution in [0, 0.1) is 0 Å². The zero-order chi connectivity index (χ0) is 11.6. The lowest BCUT2D eigenvalue weighted by Gasteiger charge is -2.36. The van der Waals surface area contributed by atoms with Crippen LogP contribution >= 0.6 is 0 Å². The van der Waals surface area contributed by atoms with Crippen LogP contribution in [0.25, 0.3) is 0 Å². The molecule has 3 heteroatoms. The van der Waals surface area contributed by atoms with E-state index < -0.39 is 5.60 Å². The molecule has 0 radical (unpaired) electrons. The summed E-state index contributed by atoms with van der Waals surface area (Å²) in [5, 5.41) is 10.7. The molecule has 0 aromatic heterocycles. The van der Waals surface area contributed by atoms with E-state index in [1.165, 1.54) is 0 Å². The number of hydrogen-bond acceptors (Lipinski definition) is 3. The monoisotopic (exact) mass is 221 g/mol. The average molecular weight is 221 g/mol. The number of ether oxygens (including phenoxy) is 1. The summed E-state index contributed by atoms with van der Waals surface area (Å²) in [6.07, 6.45) is 3.35. The van der Waals surface area contributed by atoms with E-state index in [2.05, 4.69) is 0 Å². The number of benzene rings is 1. The zero-order valence-electron chi connectivity index (χ0n) is 9.65. The third-order valence-corrected chi connectivity index (χ3v) is 3.37. The van der Waals surface area contributed by atoms with Gasteiger partial charge in [-0.25, -0.2) is 0 Å². The second-order valence-corrected chi connectivity index (χ2v) is 4.59. The highest BCUT2D eigenvalue weighted by Crippen LogP contribution is 2.40. The summed E-state index contributed by atoms with van der Waals surface area (Å²) < 4.78 is 5.30. The van der Waals surface area contributed by atoms with Crippen molar-refractivity contribution < 1.29 is 9.84 Å². The van der Waals surface area contributed by atoms with Gasteiger partial charge in [-0.05, 0) is 31.7 Å². The fraction of sp³-hybridized carbons (Fsp3) is 0.538. The van der Waals surface area contributed by atoms with Gasteiger partial charge in [-0.2, -0.15) is 0 Å². The molecule has 0 bridgehead atoms. The minimum atomic E-state index is -0.815. The quantitative estimate of drug-likeness (QED) is 0.800. The summed E-state index contributed by atoms with van der Waals surface area (Å²) >= 11 is 0. The molecule has 2 atom stereocenters. The molecule has 16 heavy (non-hydrogen) atoms. The fourth-order valence-corrected chi connectivity index (χ4v) is 2.57. The molecule has 3 N–H and O–H groups in total. The molecule has 1 aromatic carbocycles. The smallest absolute Gasteiger partial charge is 0.124 e. The standard InChI is InChI=1S/C13H19NO2/c1-16-12-7-3-2-6-11(12)13(15)8-4-5-10(14)9-13/h2-3,6-7,10,15H,4-5,8-9,14H2,1H3. The summed E-state index contributed by atoms with van der Waals surface area (Å²) in [6.45, 7) is 0. The first-order chi connectivity index (χ1) is 7.65. The Morgan fingerprint density at radius 3 is 2.88 bits per heavy atom. The van der Waals surface area contributed by atoms with Crippen LogP contribution in [0.3, 0.4) is 0 Å². The summed E-state index contributed by atoms with van der Waals surface area (Å²) in [6, 6.07) is 7.73. The van der Waals surface area contributed by atoms with Gasteiger partial charge in [0.25, 0.3) is 0 Å². The molecule has 1 aliphatic carbocycles. The Bertz CT molecular complexity index is 367. The van der Waals surface area contributed by atoms with Gasteiger partial charge in [0.05, 0.1) is 12.7 Å². The van der Waals surface area contributed by atoms with Gasteiger partial charge >= 0.3 is 0 Å². The molecule has 1 fully saturated rings. The van der Waals surface area contributed by atoms with E-state index >= 15 is 0 Å². The SMILES string of the molecule is COc1ccccc1C1(O)CCCC(N)C1. The molecule has 0 saturated heterocycles. The Balaban J connectivity index is 2.34. The van der Waals surface area contributed by atoms with Gasteiger partial charge < -0.3 is 15.6 Å². The maximum atomic E-state index is 10.7. The van der Waals surface area contributed by atoms with Crippen molar-refractivity contribution in [3.8, 4) is 5.75 Å². The first kappa shape index (κ1) is 11.4. The summed E-state index contributed by atoms with van der Waals surface area (Å²) in [5.74, 6) is 0.749. The van der Waals surface area contributed by atoms with Crippen molar-refractivity contribution in [2.45, 2.75) is 37.3 Å². The number of para-hydroxylation sites is 1. The van der Waals surface area contributed by atoms with Gasteiger partial charge in [0.15, 0.2) is 0 Å². The van der Waals surface area contributed by atoms with Crippen molar-refractivity contribution in [2.24, 2.45) is 5.73 Å². The fourth-order valence-electron chi connectivity index (χ4n) is 2.57. The van der Waals surface area contributed by atoms with Gasteiger partial charge in [0.1, 0.15) is 5.75 Å². The van der Waals surface area contributed by atoms with Gasteiger partial charge in [-0.15, -0.1) is 0 Å². The highest BCUT2D eigenvalue weighted by molar-refractivity contribution is 5.38. The number of aliphatic hydroxyl groups is 1. The molecule has 88 valence electrons. The van der Waals surface area contributed by atoms with Crippen LogP contribution in [0.15, 0.2) is 24.3 Å². The lowest BCUT2D eigenvalue weighted by molar-refractivity contribution is -0.00901. The lowest BCUT2D eigenvalue weighted by Crippen LogP contribution is -2.39. The maximum Gasteiger partial charge on any atom is 0.124 e. The second kappa shape index (κ2) is 4.44. The van der Waals surface area contributed by atoms with Crippen molar-refractivity contribution in [2.75, 3.05) is 7.11 Å². The van der Waals surface area contributed by atoms with Crippen LogP contribution in [0.4, 0.5) is 0 Å². The van der Waals surface area contributed by atoms with Crippen LogP contribution in [0.5, 0.6) is 5.75 Å². The lowest BCUT2D eigenvalue weighted by atomic mass is 9.77. The highest BCUT2D eigenvalue weighted by atomic mass is 16.5. The average Bonchev–Trinajstić information content (AvgIpc) is 2.29. The molecule has 2 rings (SSSR count). The number of hydrogen-bond donors (Lipinski definition) is 2. The Kier molecular flexibility index (Phi) is 3.17. The minimum absolute atomic E-state index is 0.0867. The predicted octanol–water partition coefficient (Wildman–Crippen LogP) is 1.78. The van der Waals surface area contributed by atoms with E-state index in [1.807, 2.05) is 24.3 Å². The molecule has 3 nitrogen and oxygen atoms in total. The van der Waals surface area contributed by atoms with E-state index in [9.17, 15) is 5.11 Å². The van der Waals surface area contributed by atoms with Crippen molar-refractivity contribution in [3.05, 3.63) is 29.8 Å². The molecule has 1 saturated carbocycles. The Labute approximate surface area is 96.2 Å². The van der Waals surface area contributed by atoms with Crippen LogP contribution in [-0.2, 0) is 5.60 Å². The second-order valence-electron chi connectivity index (χ2n) is 4.59. The first-order valence-electron chi connectivity index (χ1n) is 5.77. The molecule has 1 aliphatic rings. The first-order valence-corrected chi connectivity index (χ1v) is 5.77. The summed E-state index contributed by atoms with van der Waals surface area (Å²) in [7, 11) is 1.63. The van der Waals surface area contributed by atoms with Crippen LogP contribution < -0.4 is 10.5 Å². The van der Waals surface area contributed by atoms with Crippen molar-refractivity contribution in [3.63, 3.8) is 0 Å². The third-order valence-electron chi connectivity index (χ3n) is 3.37. The largest absolute Gasteiger partial charge is 0.496 e. The van der Waals surface area contributed by atoms with Crippen molar-refractivity contribution in [1.29, 1.82) is 0 Å². The van der Waals surface area contributed by atoms with E-state index in [-0.39, 0.29) is 6.04 Å². The van der Waals surface area contributed by atoms with E-state index in [0.29, 0.717) is 6.42 Å². The van der Waals surface area contributed by atoms with Gasteiger partial charge in [-0.1, -0.05) is 18.2 Å². The topological polar surface area (TPSA) is 55.5 Å². The number of nitrogens with two attached hydrogens (primary N) is 1. The molecule has 2 unspecified atom stereocenters.